The number of fused-ring (bicyclic) bond motifs is 1. The second-order valence-electron chi connectivity index (χ2n) is 7.52. The van der Waals surface area contributed by atoms with Gasteiger partial charge in [0.05, 0.1) is 38.0 Å². The standard InChI is InChI=1S/C24H25N3O5/c1-31-19-13-26-23(32-2)21-20(19)17(12-25-21)22(29)24(30)27-10-8-16(9-11-27)18(14-28)15-6-4-3-5-7-15/h3-7,12-13,25,28H,8-11,14H2,1-2H3. The van der Waals surface area contributed by atoms with Crippen LogP contribution in [0, 0.1) is 0 Å². The number of nitrogens with zero attached hydrogens (tertiary/aromatic N) is 2. The number of aromatic amines is 1. The van der Waals surface area contributed by atoms with E-state index >= 15 is 0 Å². The number of aliphatic hydroxyl groups excluding tert-OH is 1. The molecule has 0 unspecified atom stereocenters. The fourth-order valence-electron chi connectivity index (χ4n) is 4.17. The minimum Gasteiger partial charge on any atom is -0.494 e. The molecule has 1 amide bonds. The number of aliphatic hydroxyl groups is 1. The van der Waals surface area contributed by atoms with E-state index in [0.717, 1.165) is 16.7 Å². The number of piperidine rings is 1. The van der Waals surface area contributed by atoms with Gasteiger partial charge in [-0.3, -0.25) is 9.59 Å². The van der Waals surface area contributed by atoms with Gasteiger partial charge in [-0.15, -0.1) is 0 Å². The summed E-state index contributed by atoms with van der Waals surface area (Å²) in [6, 6.07) is 9.73. The van der Waals surface area contributed by atoms with Gasteiger partial charge in [0.2, 0.25) is 5.88 Å². The average Bonchev–Trinajstić information content (AvgIpc) is 3.29. The minimum atomic E-state index is -0.610. The zero-order valence-electron chi connectivity index (χ0n) is 18.1. The summed E-state index contributed by atoms with van der Waals surface area (Å²) in [5.74, 6) is -0.469. The van der Waals surface area contributed by atoms with E-state index < -0.39 is 11.7 Å². The highest BCUT2D eigenvalue weighted by atomic mass is 16.5. The first-order valence-corrected chi connectivity index (χ1v) is 10.4. The summed E-state index contributed by atoms with van der Waals surface area (Å²) in [5.41, 5.74) is 3.71. The molecule has 3 aromatic rings. The van der Waals surface area contributed by atoms with E-state index in [2.05, 4.69) is 9.97 Å². The topological polar surface area (TPSA) is 105 Å². The van der Waals surface area contributed by atoms with E-state index in [-0.39, 0.29) is 12.2 Å². The summed E-state index contributed by atoms with van der Waals surface area (Å²) in [7, 11) is 2.96. The molecule has 0 aliphatic carbocycles. The monoisotopic (exact) mass is 435 g/mol. The van der Waals surface area contributed by atoms with Crippen LogP contribution in [0.25, 0.3) is 16.5 Å². The lowest BCUT2D eigenvalue weighted by molar-refractivity contribution is -0.126. The van der Waals surface area contributed by atoms with Crippen LogP contribution >= 0.6 is 0 Å². The van der Waals surface area contributed by atoms with Crippen LogP contribution in [0.2, 0.25) is 0 Å². The zero-order chi connectivity index (χ0) is 22.7. The van der Waals surface area contributed by atoms with Crippen LogP contribution in [0.4, 0.5) is 0 Å². The van der Waals surface area contributed by atoms with E-state index in [4.69, 9.17) is 9.47 Å². The van der Waals surface area contributed by atoms with E-state index in [1.54, 1.807) is 4.90 Å². The van der Waals surface area contributed by atoms with Gasteiger partial charge < -0.3 is 24.5 Å². The fraction of sp³-hybridized carbons (Fsp3) is 0.292. The molecule has 8 heteroatoms. The number of methoxy groups -OCH3 is 2. The van der Waals surface area contributed by atoms with E-state index in [1.165, 1.54) is 26.6 Å². The van der Waals surface area contributed by atoms with Crippen LogP contribution < -0.4 is 9.47 Å². The first-order chi connectivity index (χ1) is 15.6. The maximum Gasteiger partial charge on any atom is 0.295 e. The van der Waals surface area contributed by atoms with Gasteiger partial charge in [-0.2, -0.15) is 0 Å². The van der Waals surface area contributed by atoms with E-state index in [0.29, 0.717) is 48.5 Å². The molecule has 2 N–H and O–H groups in total. The second kappa shape index (κ2) is 9.23. The molecule has 1 saturated heterocycles. The Morgan fingerprint density at radius 1 is 1.12 bits per heavy atom. The van der Waals surface area contributed by atoms with Gasteiger partial charge in [0, 0.05) is 19.3 Å². The molecule has 1 fully saturated rings. The SMILES string of the molecule is COc1ncc(OC)c2c(C(=O)C(=O)N3CCC(=C(CO)c4ccccc4)CC3)c[nH]c12. The van der Waals surface area contributed by atoms with Crippen molar-refractivity contribution >= 4 is 28.2 Å². The number of ether oxygens (including phenoxy) is 2. The number of likely N-dealkylation sites (tertiary alicyclic amines) is 1. The number of carbonyl (C=O) groups is 2. The fourth-order valence-corrected chi connectivity index (χ4v) is 4.17. The molecule has 0 bridgehead atoms. The smallest absolute Gasteiger partial charge is 0.295 e. The van der Waals surface area contributed by atoms with Gasteiger partial charge in [0.15, 0.2) is 0 Å². The Morgan fingerprint density at radius 3 is 2.47 bits per heavy atom. The molecule has 4 rings (SSSR count). The maximum atomic E-state index is 13.1. The third kappa shape index (κ3) is 3.85. The van der Waals surface area contributed by atoms with Crippen LogP contribution in [0.3, 0.4) is 0 Å². The number of aromatic nitrogens is 2. The Labute approximate surface area is 185 Å². The van der Waals surface area contributed by atoms with Crippen molar-refractivity contribution in [2.75, 3.05) is 33.9 Å². The molecule has 32 heavy (non-hydrogen) atoms. The predicted octanol–water partition coefficient (Wildman–Crippen LogP) is 2.83. The van der Waals surface area contributed by atoms with Gasteiger partial charge in [0.25, 0.3) is 11.7 Å². The Hall–Kier alpha value is -3.65. The Balaban J connectivity index is 1.55. The molecule has 1 aromatic carbocycles. The lowest BCUT2D eigenvalue weighted by Crippen LogP contribution is -2.40. The zero-order valence-corrected chi connectivity index (χ0v) is 18.1. The quantitative estimate of drug-likeness (QED) is 0.456. The highest BCUT2D eigenvalue weighted by molar-refractivity contribution is 6.45. The van der Waals surface area contributed by atoms with Gasteiger partial charge in [0.1, 0.15) is 11.3 Å². The van der Waals surface area contributed by atoms with Crippen LogP contribution in [-0.2, 0) is 4.79 Å². The van der Waals surface area contributed by atoms with Crippen molar-refractivity contribution in [3.05, 3.63) is 59.4 Å². The van der Waals surface area contributed by atoms with Gasteiger partial charge in [-0.1, -0.05) is 35.9 Å². The highest BCUT2D eigenvalue weighted by Gasteiger charge is 2.30. The molecule has 166 valence electrons. The number of H-pyrrole nitrogens is 1. The third-order valence-electron chi connectivity index (χ3n) is 5.85. The van der Waals surface area contributed by atoms with Crippen molar-refractivity contribution < 1.29 is 24.2 Å². The van der Waals surface area contributed by atoms with Crippen molar-refractivity contribution in [3.8, 4) is 11.6 Å². The van der Waals surface area contributed by atoms with Crippen molar-refractivity contribution in [2.45, 2.75) is 12.8 Å². The van der Waals surface area contributed by atoms with Gasteiger partial charge >= 0.3 is 0 Å². The molecule has 0 saturated carbocycles. The molecular weight excluding hydrogens is 410 g/mol. The number of pyridine rings is 1. The molecule has 0 spiro atoms. The van der Waals surface area contributed by atoms with Crippen LogP contribution in [0.5, 0.6) is 11.6 Å². The summed E-state index contributed by atoms with van der Waals surface area (Å²) < 4.78 is 10.6. The largest absolute Gasteiger partial charge is 0.494 e. The van der Waals surface area contributed by atoms with Gasteiger partial charge in [-0.05, 0) is 24.0 Å². The molecule has 8 nitrogen and oxygen atoms in total. The van der Waals surface area contributed by atoms with Gasteiger partial charge in [-0.25, -0.2) is 4.98 Å². The molecule has 0 atom stereocenters. The molecular formula is C24H25N3O5. The van der Waals surface area contributed by atoms with Crippen LogP contribution in [0.15, 0.2) is 48.3 Å². The number of carbonyl (C=O) groups excluding carboxylic acids is 2. The molecule has 2 aromatic heterocycles. The lowest BCUT2D eigenvalue weighted by Gasteiger charge is -2.29. The summed E-state index contributed by atoms with van der Waals surface area (Å²) in [6.45, 7) is 0.776. The van der Waals surface area contributed by atoms with Crippen molar-refractivity contribution in [2.24, 2.45) is 0 Å². The summed E-state index contributed by atoms with van der Waals surface area (Å²) in [5, 5.41) is 10.4. The number of amides is 1. The van der Waals surface area contributed by atoms with Crippen molar-refractivity contribution in [1.29, 1.82) is 0 Å². The molecule has 3 heterocycles. The highest BCUT2D eigenvalue weighted by Crippen LogP contribution is 2.34. The second-order valence-corrected chi connectivity index (χ2v) is 7.52. The number of nitrogens with one attached hydrogen (secondary N) is 1. The number of benzene rings is 1. The Morgan fingerprint density at radius 2 is 1.84 bits per heavy atom. The third-order valence-corrected chi connectivity index (χ3v) is 5.85. The number of Topliss-reactive ketones (excluding diaryl/α,β-unsaturated/α-hetero) is 1. The van der Waals surface area contributed by atoms with Crippen molar-refractivity contribution in [1.82, 2.24) is 14.9 Å². The molecule has 0 radical (unpaired) electrons. The Bertz CT molecular complexity index is 1170. The van der Waals surface area contributed by atoms with Crippen LogP contribution in [-0.4, -0.2) is 65.6 Å². The first-order valence-electron chi connectivity index (χ1n) is 10.4. The lowest BCUT2D eigenvalue weighted by atomic mass is 9.93. The molecule has 1 aliphatic rings. The number of ketones is 1. The maximum absolute atomic E-state index is 13.1. The van der Waals surface area contributed by atoms with E-state index in [1.807, 2.05) is 30.3 Å². The summed E-state index contributed by atoms with van der Waals surface area (Å²) in [6.07, 6.45) is 4.18. The number of hydrogen-bond acceptors (Lipinski definition) is 6. The molecule has 1 aliphatic heterocycles. The predicted molar refractivity (Wildman–Crippen MR) is 120 cm³/mol. The minimum absolute atomic E-state index is 0.0583. The van der Waals surface area contributed by atoms with Crippen molar-refractivity contribution in [3.63, 3.8) is 0 Å². The number of hydrogen-bond donors (Lipinski definition) is 2. The summed E-state index contributed by atoms with van der Waals surface area (Å²) in [4.78, 5) is 34.8. The van der Waals surface area contributed by atoms with Crippen LogP contribution in [0.1, 0.15) is 28.8 Å². The van der Waals surface area contributed by atoms with E-state index in [9.17, 15) is 14.7 Å². The normalized spacial score (nSPS) is 13.8. The number of rotatable bonds is 6. The average molecular weight is 435 g/mol. The Kier molecular flexibility index (Phi) is 6.23. The summed E-state index contributed by atoms with van der Waals surface area (Å²) >= 11 is 0. The first kappa shape index (κ1) is 21.6.